The molecule has 0 unspecified atom stereocenters. The number of rotatable bonds is 3. The van der Waals surface area contributed by atoms with Crippen LogP contribution in [0.1, 0.15) is 5.69 Å². The SMILES string of the molecule is O=C(O)Nc1nccc(-c2ccc(F)c(CF)n2)n1. The molecule has 2 aromatic heterocycles. The van der Waals surface area contributed by atoms with E-state index in [4.69, 9.17) is 5.11 Å². The van der Waals surface area contributed by atoms with Crippen LogP contribution < -0.4 is 5.32 Å². The Bertz CT molecular complexity index is 621. The van der Waals surface area contributed by atoms with Gasteiger partial charge in [0.1, 0.15) is 18.2 Å². The highest BCUT2D eigenvalue weighted by Crippen LogP contribution is 2.17. The van der Waals surface area contributed by atoms with Crippen LogP contribution in [0.4, 0.5) is 19.5 Å². The second-order valence-electron chi connectivity index (χ2n) is 3.45. The number of hydrogen-bond donors (Lipinski definition) is 2. The Morgan fingerprint density at radius 2 is 2.00 bits per heavy atom. The molecule has 0 aromatic carbocycles. The van der Waals surface area contributed by atoms with Crippen LogP contribution in [0.5, 0.6) is 0 Å². The molecule has 98 valence electrons. The standard InChI is InChI=1S/C11H8F2N4O2/c12-5-9-6(13)1-2-7(15-9)8-3-4-14-10(16-8)17-11(18)19/h1-4H,5H2,(H,18,19)(H,14,16,17). The van der Waals surface area contributed by atoms with E-state index in [1.807, 2.05) is 5.32 Å². The second kappa shape index (κ2) is 5.34. The predicted molar refractivity (Wildman–Crippen MR) is 61.7 cm³/mol. The predicted octanol–water partition coefficient (Wildman–Crippen LogP) is 2.24. The van der Waals surface area contributed by atoms with Crippen molar-refractivity contribution in [1.29, 1.82) is 0 Å². The van der Waals surface area contributed by atoms with Gasteiger partial charge in [0.15, 0.2) is 0 Å². The monoisotopic (exact) mass is 266 g/mol. The first-order valence-corrected chi connectivity index (χ1v) is 5.15. The van der Waals surface area contributed by atoms with Crippen molar-refractivity contribution in [2.45, 2.75) is 6.67 Å². The Hall–Kier alpha value is -2.64. The maximum absolute atomic E-state index is 13.1. The number of pyridine rings is 1. The van der Waals surface area contributed by atoms with Crippen molar-refractivity contribution in [3.63, 3.8) is 0 Å². The van der Waals surface area contributed by atoms with Gasteiger partial charge in [-0.3, -0.25) is 5.32 Å². The molecule has 0 aliphatic heterocycles. The van der Waals surface area contributed by atoms with Crippen LogP contribution in [0.3, 0.4) is 0 Å². The Labute approximate surface area is 106 Å². The molecule has 0 aliphatic carbocycles. The van der Waals surface area contributed by atoms with Crippen LogP contribution in [0.15, 0.2) is 24.4 Å². The topological polar surface area (TPSA) is 88.0 Å². The molecule has 2 heterocycles. The molecule has 0 spiro atoms. The Kier molecular flexibility index (Phi) is 3.60. The van der Waals surface area contributed by atoms with Gasteiger partial charge in [-0.25, -0.2) is 28.5 Å². The highest BCUT2D eigenvalue weighted by molar-refractivity contribution is 5.80. The highest BCUT2D eigenvalue weighted by Gasteiger charge is 2.09. The fourth-order valence-electron chi connectivity index (χ4n) is 1.38. The number of anilines is 1. The van der Waals surface area contributed by atoms with Crippen molar-refractivity contribution in [2.75, 3.05) is 5.32 Å². The van der Waals surface area contributed by atoms with Gasteiger partial charge in [-0.05, 0) is 18.2 Å². The van der Waals surface area contributed by atoms with Crippen LogP contribution in [0.2, 0.25) is 0 Å². The van der Waals surface area contributed by atoms with Crippen LogP contribution in [0, 0.1) is 5.82 Å². The van der Waals surface area contributed by atoms with E-state index in [0.717, 1.165) is 6.07 Å². The molecular weight excluding hydrogens is 258 g/mol. The summed E-state index contributed by atoms with van der Waals surface area (Å²) in [5.74, 6) is -0.887. The fourth-order valence-corrected chi connectivity index (χ4v) is 1.38. The van der Waals surface area contributed by atoms with E-state index < -0.39 is 18.6 Å². The quantitative estimate of drug-likeness (QED) is 0.889. The lowest BCUT2D eigenvalue weighted by Crippen LogP contribution is -2.10. The van der Waals surface area contributed by atoms with E-state index in [2.05, 4.69) is 15.0 Å². The third-order valence-electron chi connectivity index (χ3n) is 2.18. The summed E-state index contributed by atoms with van der Waals surface area (Å²) >= 11 is 0. The van der Waals surface area contributed by atoms with E-state index in [-0.39, 0.29) is 23.0 Å². The maximum atomic E-state index is 13.1. The molecule has 0 saturated carbocycles. The summed E-state index contributed by atoms with van der Waals surface area (Å²) in [5.41, 5.74) is 0.155. The lowest BCUT2D eigenvalue weighted by atomic mass is 10.2. The molecule has 1 amide bonds. The maximum Gasteiger partial charge on any atom is 0.411 e. The van der Waals surface area contributed by atoms with Crippen LogP contribution in [0.25, 0.3) is 11.4 Å². The van der Waals surface area contributed by atoms with E-state index in [0.29, 0.717) is 0 Å². The normalized spacial score (nSPS) is 10.2. The molecule has 0 aliphatic rings. The van der Waals surface area contributed by atoms with Gasteiger partial charge >= 0.3 is 6.09 Å². The molecule has 8 heteroatoms. The van der Waals surface area contributed by atoms with Gasteiger partial charge in [0.25, 0.3) is 0 Å². The third kappa shape index (κ3) is 2.97. The van der Waals surface area contributed by atoms with Gasteiger partial charge < -0.3 is 5.11 Å². The average Bonchev–Trinajstić information content (AvgIpc) is 2.39. The molecule has 0 saturated heterocycles. The minimum absolute atomic E-state index is 0.141. The molecule has 0 radical (unpaired) electrons. The average molecular weight is 266 g/mol. The lowest BCUT2D eigenvalue weighted by Gasteiger charge is -2.04. The molecule has 2 N–H and O–H groups in total. The molecule has 2 rings (SSSR count). The smallest absolute Gasteiger partial charge is 0.411 e. The minimum atomic E-state index is -1.31. The van der Waals surface area contributed by atoms with E-state index >= 15 is 0 Å². The van der Waals surface area contributed by atoms with Gasteiger partial charge in [-0.1, -0.05) is 0 Å². The van der Waals surface area contributed by atoms with E-state index in [9.17, 15) is 13.6 Å². The zero-order chi connectivity index (χ0) is 13.8. The van der Waals surface area contributed by atoms with Gasteiger partial charge in [0, 0.05) is 6.20 Å². The van der Waals surface area contributed by atoms with Crippen molar-refractivity contribution in [3.8, 4) is 11.4 Å². The number of aromatic nitrogens is 3. The van der Waals surface area contributed by atoms with Crippen LogP contribution in [-0.4, -0.2) is 26.2 Å². The van der Waals surface area contributed by atoms with Gasteiger partial charge in [-0.15, -0.1) is 0 Å². The number of carbonyl (C=O) groups is 1. The first kappa shape index (κ1) is 12.8. The number of hydrogen-bond acceptors (Lipinski definition) is 4. The Morgan fingerprint density at radius 1 is 1.26 bits per heavy atom. The number of carboxylic acid groups (broad SMARTS) is 1. The van der Waals surface area contributed by atoms with Gasteiger partial charge in [0.05, 0.1) is 11.4 Å². The number of nitrogens with zero attached hydrogens (tertiary/aromatic N) is 3. The van der Waals surface area contributed by atoms with Crippen molar-refractivity contribution >= 4 is 12.0 Å². The zero-order valence-corrected chi connectivity index (χ0v) is 9.47. The molecule has 0 bridgehead atoms. The molecule has 0 atom stereocenters. The highest BCUT2D eigenvalue weighted by atomic mass is 19.1. The van der Waals surface area contributed by atoms with Crippen molar-refractivity contribution in [2.24, 2.45) is 0 Å². The summed E-state index contributed by atoms with van der Waals surface area (Å²) in [6.45, 7) is -1.04. The summed E-state index contributed by atoms with van der Waals surface area (Å²) < 4.78 is 25.6. The van der Waals surface area contributed by atoms with E-state index in [1.165, 1.54) is 18.3 Å². The second-order valence-corrected chi connectivity index (χ2v) is 3.45. The third-order valence-corrected chi connectivity index (χ3v) is 2.18. The Morgan fingerprint density at radius 3 is 2.68 bits per heavy atom. The first-order chi connectivity index (χ1) is 9.10. The molecular formula is C11H8F2N4O2. The summed E-state index contributed by atoms with van der Waals surface area (Å²) in [6.07, 6.45) is 0.00183. The van der Waals surface area contributed by atoms with Crippen LogP contribution in [-0.2, 0) is 6.67 Å². The van der Waals surface area contributed by atoms with Gasteiger partial charge in [0.2, 0.25) is 5.95 Å². The van der Waals surface area contributed by atoms with Crippen molar-refractivity contribution in [1.82, 2.24) is 15.0 Å². The molecule has 2 aromatic rings. The molecule has 0 fully saturated rings. The number of amides is 1. The fraction of sp³-hybridized carbons (Fsp3) is 0.0909. The summed E-state index contributed by atoms with van der Waals surface area (Å²) in [7, 11) is 0. The molecule has 6 nitrogen and oxygen atoms in total. The summed E-state index contributed by atoms with van der Waals surface area (Å²) in [4.78, 5) is 21.8. The zero-order valence-electron chi connectivity index (χ0n) is 9.47. The largest absolute Gasteiger partial charge is 0.465 e. The number of nitrogens with one attached hydrogen (secondary N) is 1. The summed E-state index contributed by atoms with van der Waals surface area (Å²) in [5, 5.41) is 10.5. The summed E-state index contributed by atoms with van der Waals surface area (Å²) in [6, 6.07) is 3.85. The van der Waals surface area contributed by atoms with Crippen molar-refractivity contribution in [3.05, 3.63) is 35.9 Å². The molecule has 19 heavy (non-hydrogen) atoms. The minimum Gasteiger partial charge on any atom is -0.465 e. The van der Waals surface area contributed by atoms with E-state index in [1.54, 1.807) is 0 Å². The first-order valence-electron chi connectivity index (χ1n) is 5.15. The van der Waals surface area contributed by atoms with Gasteiger partial charge in [-0.2, -0.15) is 0 Å². The Balaban J connectivity index is 2.38. The van der Waals surface area contributed by atoms with Crippen molar-refractivity contribution < 1.29 is 18.7 Å². The lowest BCUT2D eigenvalue weighted by molar-refractivity contribution is 0.209. The van der Waals surface area contributed by atoms with Crippen LogP contribution >= 0.6 is 0 Å². The number of alkyl halides is 1. The number of halogens is 2.